The molecule has 2 aromatic carbocycles. The van der Waals surface area contributed by atoms with Crippen molar-refractivity contribution in [2.75, 3.05) is 11.5 Å². The minimum Gasteiger partial charge on any atom is -0.399 e. The number of hydrogen-bond acceptors (Lipinski definition) is 2. The second-order valence-corrected chi connectivity index (χ2v) is 4.60. The monoisotopic (exact) mass is 320 g/mol. The molecule has 0 aliphatic heterocycles. The van der Waals surface area contributed by atoms with Crippen molar-refractivity contribution in [3.8, 4) is 11.1 Å². The summed E-state index contributed by atoms with van der Waals surface area (Å²) in [4.78, 5) is 0. The molecule has 2 nitrogen and oxygen atoms in total. The van der Waals surface area contributed by atoms with Gasteiger partial charge in [-0.05, 0) is 35.4 Å². The van der Waals surface area contributed by atoms with Crippen molar-refractivity contribution in [2.45, 2.75) is 12.4 Å². The van der Waals surface area contributed by atoms with Gasteiger partial charge in [0.25, 0.3) is 0 Å². The van der Waals surface area contributed by atoms with Crippen LogP contribution < -0.4 is 11.5 Å². The van der Waals surface area contributed by atoms with Gasteiger partial charge in [0.2, 0.25) is 0 Å². The summed E-state index contributed by atoms with van der Waals surface area (Å²) in [6.45, 7) is 0. The van der Waals surface area contributed by atoms with Crippen LogP contribution >= 0.6 is 0 Å². The summed E-state index contributed by atoms with van der Waals surface area (Å²) >= 11 is 0. The van der Waals surface area contributed by atoms with Gasteiger partial charge in [-0.2, -0.15) is 26.3 Å². The predicted molar refractivity (Wildman–Crippen MR) is 70.7 cm³/mol. The standard InChI is InChI=1S/C14H10F6N2/c15-13(16,17)10-5-8(7-1-3-9(21)4-2-7)6-11(12(10)22)14(18,19)20/h1-6H,21-22H2. The molecule has 2 aromatic rings. The van der Waals surface area contributed by atoms with Crippen molar-refractivity contribution >= 4 is 11.4 Å². The van der Waals surface area contributed by atoms with Crippen LogP contribution in [0.1, 0.15) is 11.1 Å². The molecule has 0 heterocycles. The zero-order chi connectivity index (χ0) is 16.7. The van der Waals surface area contributed by atoms with Gasteiger partial charge in [0.1, 0.15) is 0 Å². The van der Waals surface area contributed by atoms with Crippen LogP contribution in [-0.4, -0.2) is 0 Å². The number of hydrogen-bond donors (Lipinski definition) is 2. The Kier molecular flexibility index (Phi) is 3.72. The summed E-state index contributed by atoms with van der Waals surface area (Å²) in [6.07, 6.45) is -9.98. The Labute approximate surface area is 121 Å². The summed E-state index contributed by atoms with van der Waals surface area (Å²) in [6, 6.07) is 6.62. The Morgan fingerprint density at radius 2 is 1.05 bits per heavy atom. The summed E-state index contributed by atoms with van der Waals surface area (Å²) in [5.74, 6) is 0. The number of rotatable bonds is 1. The van der Waals surface area contributed by atoms with E-state index < -0.39 is 29.2 Å². The van der Waals surface area contributed by atoms with E-state index in [2.05, 4.69) is 0 Å². The normalized spacial score (nSPS) is 12.5. The average molecular weight is 320 g/mol. The van der Waals surface area contributed by atoms with Crippen LogP contribution in [-0.2, 0) is 12.4 Å². The van der Waals surface area contributed by atoms with Crippen molar-refractivity contribution in [1.29, 1.82) is 0 Å². The fourth-order valence-electron chi connectivity index (χ4n) is 1.96. The zero-order valence-electron chi connectivity index (χ0n) is 10.9. The third-order valence-electron chi connectivity index (χ3n) is 3.03. The Morgan fingerprint density at radius 3 is 1.41 bits per heavy atom. The Balaban J connectivity index is 2.73. The Hall–Kier alpha value is -2.38. The number of halogens is 6. The highest BCUT2D eigenvalue weighted by Crippen LogP contribution is 2.43. The molecule has 0 spiro atoms. The van der Waals surface area contributed by atoms with E-state index in [1.54, 1.807) is 0 Å². The fraction of sp³-hybridized carbons (Fsp3) is 0.143. The van der Waals surface area contributed by atoms with Crippen LogP contribution in [0.5, 0.6) is 0 Å². The first-order valence-electron chi connectivity index (χ1n) is 5.94. The molecular weight excluding hydrogens is 310 g/mol. The summed E-state index contributed by atoms with van der Waals surface area (Å²) in [5.41, 5.74) is 6.41. The molecule has 8 heteroatoms. The number of nitrogens with two attached hydrogens (primary N) is 2. The fourth-order valence-corrected chi connectivity index (χ4v) is 1.96. The molecule has 0 fully saturated rings. The quantitative estimate of drug-likeness (QED) is 0.598. The highest BCUT2D eigenvalue weighted by Gasteiger charge is 2.40. The lowest BCUT2D eigenvalue weighted by molar-refractivity contribution is -0.141. The van der Waals surface area contributed by atoms with Crippen LogP contribution in [0.2, 0.25) is 0 Å². The van der Waals surface area contributed by atoms with Gasteiger partial charge in [-0.1, -0.05) is 12.1 Å². The molecule has 0 radical (unpaired) electrons. The lowest BCUT2D eigenvalue weighted by Crippen LogP contribution is -2.16. The first kappa shape index (κ1) is 16.0. The lowest BCUT2D eigenvalue weighted by atomic mass is 9.97. The van der Waals surface area contributed by atoms with Crippen molar-refractivity contribution in [3.05, 3.63) is 47.5 Å². The van der Waals surface area contributed by atoms with E-state index in [0.717, 1.165) is 0 Å². The van der Waals surface area contributed by atoms with Gasteiger partial charge in [0.15, 0.2) is 0 Å². The zero-order valence-corrected chi connectivity index (χ0v) is 10.9. The second kappa shape index (κ2) is 5.11. The Morgan fingerprint density at radius 1 is 0.636 bits per heavy atom. The first-order chi connectivity index (χ1) is 10.00. The lowest BCUT2D eigenvalue weighted by Gasteiger charge is -2.18. The average Bonchev–Trinajstić information content (AvgIpc) is 2.37. The van der Waals surface area contributed by atoms with Crippen LogP contribution in [0.15, 0.2) is 36.4 Å². The number of nitrogen functional groups attached to an aromatic ring is 2. The molecular formula is C14H10F6N2. The van der Waals surface area contributed by atoms with E-state index in [1.165, 1.54) is 24.3 Å². The molecule has 0 amide bonds. The van der Waals surface area contributed by atoms with Gasteiger partial charge >= 0.3 is 12.4 Å². The minimum absolute atomic E-state index is 0.171. The molecule has 0 atom stereocenters. The van der Waals surface area contributed by atoms with E-state index >= 15 is 0 Å². The molecule has 0 aromatic heterocycles. The van der Waals surface area contributed by atoms with Crippen molar-refractivity contribution in [3.63, 3.8) is 0 Å². The maximum atomic E-state index is 12.9. The SMILES string of the molecule is Nc1ccc(-c2cc(C(F)(F)F)c(N)c(C(F)(F)F)c2)cc1. The van der Waals surface area contributed by atoms with Crippen molar-refractivity contribution in [1.82, 2.24) is 0 Å². The second-order valence-electron chi connectivity index (χ2n) is 4.60. The summed E-state index contributed by atoms with van der Waals surface area (Å²) in [5, 5.41) is 0. The number of anilines is 2. The van der Waals surface area contributed by atoms with E-state index in [9.17, 15) is 26.3 Å². The van der Waals surface area contributed by atoms with Crippen LogP contribution in [0.3, 0.4) is 0 Å². The van der Waals surface area contributed by atoms with Gasteiger partial charge in [0, 0.05) is 5.69 Å². The molecule has 118 valence electrons. The number of benzene rings is 2. The summed E-state index contributed by atoms with van der Waals surface area (Å²) < 4.78 is 77.5. The molecule has 0 saturated heterocycles. The molecule has 22 heavy (non-hydrogen) atoms. The third-order valence-corrected chi connectivity index (χ3v) is 3.03. The maximum absolute atomic E-state index is 12.9. The predicted octanol–water partition coefficient (Wildman–Crippen LogP) is 4.56. The molecule has 0 bridgehead atoms. The van der Waals surface area contributed by atoms with E-state index in [4.69, 9.17) is 11.5 Å². The van der Waals surface area contributed by atoms with E-state index in [1.807, 2.05) is 0 Å². The highest BCUT2D eigenvalue weighted by atomic mass is 19.4. The van der Waals surface area contributed by atoms with Gasteiger partial charge in [-0.15, -0.1) is 0 Å². The van der Waals surface area contributed by atoms with Gasteiger partial charge in [-0.25, -0.2) is 0 Å². The van der Waals surface area contributed by atoms with E-state index in [-0.39, 0.29) is 11.1 Å². The van der Waals surface area contributed by atoms with Crippen molar-refractivity contribution in [2.24, 2.45) is 0 Å². The first-order valence-corrected chi connectivity index (χ1v) is 5.94. The van der Waals surface area contributed by atoms with Crippen LogP contribution in [0.25, 0.3) is 11.1 Å². The molecule has 0 aliphatic carbocycles. The Bertz CT molecular complexity index is 651. The van der Waals surface area contributed by atoms with Gasteiger partial charge in [-0.3, -0.25) is 0 Å². The summed E-state index contributed by atoms with van der Waals surface area (Å²) in [7, 11) is 0. The molecule has 0 saturated carbocycles. The minimum atomic E-state index is -4.99. The smallest absolute Gasteiger partial charge is 0.399 e. The maximum Gasteiger partial charge on any atom is 0.418 e. The molecule has 2 rings (SSSR count). The molecule has 0 unspecified atom stereocenters. The molecule has 0 aliphatic rings. The topological polar surface area (TPSA) is 52.0 Å². The van der Waals surface area contributed by atoms with Gasteiger partial charge in [0.05, 0.1) is 16.8 Å². The number of alkyl halides is 6. The van der Waals surface area contributed by atoms with E-state index in [0.29, 0.717) is 17.8 Å². The van der Waals surface area contributed by atoms with Crippen LogP contribution in [0.4, 0.5) is 37.7 Å². The van der Waals surface area contributed by atoms with Crippen LogP contribution in [0, 0.1) is 0 Å². The molecule has 4 N–H and O–H groups in total. The highest BCUT2D eigenvalue weighted by molar-refractivity contribution is 5.72. The largest absolute Gasteiger partial charge is 0.418 e. The van der Waals surface area contributed by atoms with Crippen molar-refractivity contribution < 1.29 is 26.3 Å². The van der Waals surface area contributed by atoms with Gasteiger partial charge < -0.3 is 11.5 Å². The third kappa shape index (κ3) is 3.10.